The van der Waals surface area contributed by atoms with Crippen LogP contribution in [0.25, 0.3) is 93.0 Å². The third-order valence-electron chi connectivity index (χ3n) is 12.3. The van der Waals surface area contributed by atoms with Gasteiger partial charge in [0.05, 0.1) is 12.2 Å². The number of nitrogens with two attached hydrogens (primary N) is 1. The van der Waals surface area contributed by atoms with Crippen molar-refractivity contribution in [2.45, 2.75) is 12.2 Å². The van der Waals surface area contributed by atoms with Crippen LogP contribution in [0.4, 0.5) is 0 Å². The normalized spacial score (nSPS) is 12.9. The molecule has 0 aromatic heterocycles. The van der Waals surface area contributed by atoms with Crippen LogP contribution in [-0.4, -0.2) is 0 Å². The summed E-state index contributed by atoms with van der Waals surface area (Å²) in [5.74, 6) is 0. The molecule has 11 aromatic rings. The average Bonchev–Trinajstić information content (AvgIpc) is 3.31. The summed E-state index contributed by atoms with van der Waals surface area (Å²) in [5.41, 5.74) is 15.2. The first-order chi connectivity index (χ1) is 29.7. The van der Waals surface area contributed by atoms with E-state index < -0.39 is 0 Å². The summed E-state index contributed by atoms with van der Waals surface area (Å²) in [5, 5.41) is 18.8. The molecule has 0 aliphatic rings. The number of rotatable bonds is 8. The van der Waals surface area contributed by atoms with E-state index in [-0.39, 0.29) is 12.2 Å². The van der Waals surface area contributed by atoms with Gasteiger partial charge in [-0.05, 0) is 128 Å². The number of fused-ring (bicyclic) bond motifs is 8. The molecule has 3 N–H and O–H groups in total. The van der Waals surface area contributed by atoms with E-state index in [2.05, 4.69) is 212 Å². The summed E-state index contributed by atoms with van der Waals surface area (Å²) in [6.45, 7) is 0. The lowest BCUT2D eigenvalue weighted by Gasteiger charge is -2.25. The number of benzene rings is 11. The molecular weight excluding hydrogens is 725 g/mol. The topological polar surface area (TPSA) is 38.0 Å². The van der Waals surface area contributed by atoms with Crippen molar-refractivity contribution in [2.24, 2.45) is 5.73 Å². The zero-order chi connectivity index (χ0) is 40.0. The maximum atomic E-state index is 6.99. The van der Waals surface area contributed by atoms with E-state index in [4.69, 9.17) is 5.73 Å². The molecule has 11 rings (SSSR count). The molecule has 284 valence electrons. The molecule has 0 aliphatic heterocycles. The van der Waals surface area contributed by atoms with E-state index in [9.17, 15) is 0 Å². The number of hydrogen-bond donors (Lipinski definition) is 2. The average molecular weight is 767 g/mol. The second kappa shape index (κ2) is 15.1. The van der Waals surface area contributed by atoms with Crippen LogP contribution in [0.15, 0.2) is 218 Å². The maximum absolute atomic E-state index is 6.99. The molecule has 0 aliphatic carbocycles. The van der Waals surface area contributed by atoms with Gasteiger partial charge in [-0.3, -0.25) is 5.32 Å². The van der Waals surface area contributed by atoms with Crippen LogP contribution in [0.5, 0.6) is 0 Å². The molecule has 2 nitrogen and oxygen atoms in total. The Labute approximate surface area is 349 Å². The molecule has 0 saturated heterocycles. The van der Waals surface area contributed by atoms with Crippen molar-refractivity contribution in [3.05, 3.63) is 235 Å². The molecular formula is C58H42N2. The Bertz CT molecular complexity index is 3440. The fourth-order valence-electron chi connectivity index (χ4n) is 9.39. The summed E-state index contributed by atoms with van der Waals surface area (Å²) in [7, 11) is 0. The monoisotopic (exact) mass is 766 g/mol. The van der Waals surface area contributed by atoms with Gasteiger partial charge in [0.25, 0.3) is 0 Å². The molecule has 0 bridgehead atoms. The van der Waals surface area contributed by atoms with Crippen molar-refractivity contribution in [3.63, 3.8) is 0 Å². The molecule has 0 spiro atoms. The van der Waals surface area contributed by atoms with E-state index in [1.165, 1.54) is 92.5 Å². The summed E-state index contributed by atoms with van der Waals surface area (Å²) < 4.78 is 0. The molecule has 0 saturated carbocycles. The van der Waals surface area contributed by atoms with Gasteiger partial charge in [0.1, 0.15) is 0 Å². The van der Waals surface area contributed by atoms with Gasteiger partial charge in [-0.15, -0.1) is 0 Å². The van der Waals surface area contributed by atoms with Crippen molar-refractivity contribution in [1.82, 2.24) is 5.32 Å². The Balaban J connectivity index is 1.02. The number of nitrogens with one attached hydrogen (secondary N) is 1. The fraction of sp³-hybridized carbons (Fsp3) is 0.0345. The summed E-state index contributed by atoms with van der Waals surface area (Å²) in [6, 6.07) is 76.7. The lowest BCUT2D eigenvalue weighted by molar-refractivity contribution is 0.513. The Kier molecular flexibility index (Phi) is 9.01. The minimum absolute atomic E-state index is 0.197. The SMILES string of the molecule is NC(NC(/C=C/c1cccc(-c2cccc(-c3c4ccccc4cc4c3ccc3ccccc34)c2)c1)c1c2ccccc2cc2c1ccc1ccccc12)c1ccccc1. The van der Waals surface area contributed by atoms with E-state index in [1.807, 2.05) is 18.2 Å². The highest BCUT2D eigenvalue weighted by molar-refractivity contribution is 6.20. The van der Waals surface area contributed by atoms with Crippen LogP contribution in [0.1, 0.15) is 28.9 Å². The molecule has 11 aromatic carbocycles. The van der Waals surface area contributed by atoms with Crippen LogP contribution in [0.3, 0.4) is 0 Å². The third kappa shape index (κ3) is 6.40. The van der Waals surface area contributed by atoms with Crippen molar-refractivity contribution >= 4 is 70.7 Å². The van der Waals surface area contributed by atoms with Crippen molar-refractivity contribution in [3.8, 4) is 22.3 Å². The Morgan fingerprint density at radius 1 is 0.367 bits per heavy atom. The maximum Gasteiger partial charge on any atom is 0.0817 e. The first kappa shape index (κ1) is 35.8. The van der Waals surface area contributed by atoms with Crippen molar-refractivity contribution < 1.29 is 0 Å². The van der Waals surface area contributed by atoms with Crippen LogP contribution in [0.2, 0.25) is 0 Å². The van der Waals surface area contributed by atoms with Gasteiger partial charge in [-0.25, -0.2) is 0 Å². The van der Waals surface area contributed by atoms with Gasteiger partial charge in [0.2, 0.25) is 0 Å². The largest absolute Gasteiger partial charge is 0.312 e. The Hall–Kier alpha value is -7.36. The molecule has 0 amide bonds. The van der Waals surface area contributed by atoms with Gasteiger partial charge in [0.15, 0.2) is 0 Å². The van der Waals surface area contributed by atoms with E-state index in [0.717, 1.165) is 11.1 Å². The van der Waals surface area contributed by atoms with Crippen LogP contribution in [0, 0.1) is 0 Å². The van der Waals surface area contributed by atoms with Crippen LogP contribution in [-0.2, 0) is 0 Å². The predicted octanol–water partition coefficient (Wildman–Crippen LogP) is 14.9. The molecule has 0 heterocycles. The third-order valence-corrected chi connectivity index (χ3v) is 12.3. The van der Waals surface area contributed by atoms with E-state index in [1.54, 1.807) is 0 Å². The molecule has 2 unspecified atom stereocenters. The fourth-order valence-corrected chi connectivity index (χ4v) is 9.39. The van der Waals surface area contributed by atoms with Gasteiger partial charge >= 0.3 is 0 Å². The van der Waals surface area contributed by atoms with E-state index in [0.29, 0.717) is 0 Å². The quantitative estimate of drug-likeness (QED) is 0.0918. The molecule has 2 heteroatoms. The molecule has 2 atom stereocenters. The van der Waals surface area contributed by atoms with Gasteiger partial charge in [-0.2, -0.15) is 0 Å². The summed E-state index contributed by atoms with van der Waals surface area (Å²) in [4.78, 5) is 0. The molecule has 0 radical (unpaired) electrons. The number of hydrogen-bond acceptors (Lipinski definition) is 2. The summed E-state index contributed by atoms with van der Waals surface area (Å²) in [6.07, 6.45) is 4.16. The van der Waals surface area contributed by atoms with Crippen molar-refractivity contribution in [1.29, 1.82) is 0 Å². The summed E-state index contributed by atoms with van der Waals surface area (Å²) >= 11 is 0. The lowest BCUT2D eigenvalue weighted by Crippen LogP contribution is -2.31. The second-order valence-electron chi connectivity index (χ2n) is 15.8. The zero-order valence-corrected chi connectivity index (χ0v) is 33.1. The smallest absolute Gasteiger partial charge is 0.0817 e. The lowest BCUT2D eigenvalue weighted by atomic mass is 9.88. The zero-order valence-electron chi connectivity index (χ0n) is 33.1. The Morgan fingerprint density at radius 3 is 1.62 bits per heavy atom. The predicted molar refractivity (Wildman–Crippen MR) is 257 cm³/mol. The van der Waals surface area contributed by atoms with Crippen LogP contribution < -0.4 is 11.1 Å². The van der Waals surface area contributed by atoms with Crippen LogP contribution >= 0.6 is 0 Å². The van der Waals surface area contributed by atoms with Gasteiger partial charge < -0.3 is 5.73 Å². The first-order valence-electron chi connectivity index (χ1n) is 20.8. The molecule has 0 fully saturated rings. The van der Waals surface area contributed by atoms with Gasteiger partial charge in [-0.1, -0.05) is 200 Å². The minimum Gasteiger partial charge on any atom is -0.312 e. The molecule has 60 heavy (non-hydrogen) atoms. The Morgan fingerprint density at radius 2 is 0.900 bits per heavy atom. The second-order valence-corrected chi connectivity index (χ2v) is 15.8. The van der Waals surface area contributed by atoms with E-state index >= 15 is 0 Å². The first-order valence-corrected chi connectivity index (χ1v) is 20.8. The highest BCUT2D eigenvalue weighted by Crippen LogP contribution is 2.41. The highest BCUT2D eigenvalue weighted by atomic mass is 15.0. The standard InChI is InChI=1S/C58H42N2/c59-58(41-17-2-1-3-18-41)60-55(57-50-27-11-7-20-45(50)37-54-48-25-9-5-16-40(48)30-32-52(54)57)33-28-38-14-12-21-42(34-38)43-22-13-23-46(35-43)56-49-26-10-6-19-44(49)36-53-47-24-8-4-15-39(47)29-31-51(53)56/h1-37,55,58,60H,59H2/b33-28+. The van der Waals surface area contributed by atoms with Gasteiger partial charge in [0, 0.05) is 0 Å². The highest BCUT2D eigenvalue weighted by Gasteiger charge is 2.20. The minimum atomic E-state index is -0.382. The van der Waals surface area contributed by atoms with Crippen molar-refractivity contribution in [2.75, 3.05) is 0 Å².